The zero-order chi connectivity index (χ0) is 23.9. The number of hydrogen-bond donors (Lipinski definition) is 0. The molecular formula is C31H35N3O. The van der Waals surface area contributed by atoms with Crippen molar-refractivity contribution in [1.29, 1.82) is 0 Å². The Morgan fingerprint density at radius 3 is 2.20 bits per heavy atom. The van der Waals surface area contributed by atoms with Crippen molar-refractivity contribution in [3.63, 3.8) is 0 Å². The summed E-state index contributed by atoms with van der Waals surface area (Å²) in [6, 6.07) is 34.0. The maximum Gasteiger partial charge on any atom is 0.228 e. The first kappa shape index (κ1) is 23.4. The number of aromatic nitrogens is 1. The average molecular weight is 466 g/mol. The molecule has 1 aliphatic rings. The molecular weight excluding hydrogens is 430 g/mol. The van der Waals surface area contributed by atoms with Gasteiger partial charge >= 0.3 is 0 Å². The van der Waals surface area contributed by atoms with E-state index in [9.17, 15) is 0 Å². The highest BCUT2D eigenvalue weighted by Crippen LogP contribution is 2.29. The first-order chi connectivity index (χ1) is 17.2. The summed E-state index contributed by atoms with van der Waals surface area (Å²) in [6.45, 7) is 7.54. The number of nitrogens with zero attached hydrogens (tertiary/aromatic N) is 3. The lowest BCUT2D eigenvalue weighted by Gasteiger charge is -2.35. The van der Waals surface area contributed by atoms with Crippen LogP contribution in [0.15, 0.2) is 102 Å². The lowest BCUT2D eigenvalue weighted by Crippen LogP contribution is -2.39. The summed E-state index contributed by atoms with van der Waals surface area (Å²) >= 11 is 0. The zero-order valence-electron chi connectivity index (χ0n) is 20.6. The van der Waals surface area contributed by atoms with Crippen LogP contribution in [-0.4, -0.2) is 36.2 Å². The first-order valence-electron chi connectivity index (χ1n) is 12.8. The van der Waals surface area contributed by atoms with Gasteiger partial charge in [0.2, 0.25) is 5.88 Å². The fourth-order valence-corrected chi connectivity index (χ4v) is 5.24. The minimum atomic E-state index is 0.511. The third-order valence-electron chi connectivity index (χ3n) is 7.06. The van der Waals surface area contributed by atoms with Gasteiger partial charge in [-0.25, -0.2) is 0 Å². The maximum absolute atomic E-state index is 5.87. The van der Waals surface area contributed by atoms with Gasteiger partial charge in [-0.15, -0.1) is 0 Å². The van der Waals surface area contributed by atoms with Gasteiger partial charge in [0.05, 0.1) is 0 Å². The van der Waals surface area contributed by atoms with E-state index in [0.29, 0.717) is 11.8 Å². The zero-order valence-corrected chi connectivity index (χ0v) is 20.6. The Morgan fingerprint density at radius 1 is 0.886 bits per heavy atom. The Balaban J connectivity index is 1.23. The van der Waals surface area contributed by atoms with Crippen molar-refractivity contribution < 1.29 is 4.52 Å². The van der Waals surface area contributed by atoms with Gasteiger partial charge in [-0.05, 0) is 48.9 Å². The maximum atomic E-state index is 5.87. The number of rotatable bonds is 9. The third kappa shape index (κ3) is 6.20. The van der Waals surface area contributed by atoms with E-state index < -0.39 is 0 Å². The Hall–Kier alpha value is -3.37. The van der Waals surface area contributed by atoms with E-state index in [-0.39, 0.29) is 0 Å². The molecule has 2 heterocycles. The minimum absolute atomic E-state index is 0.511. The second-order valence-corrected chi connectivity index (χ2v) is 9.87. The van der Waals surface area contributed by atoms with Crippen LogP contribution in [0.3, 0.4) is 0 Å². The molecule has 0 N–H and O–H groups in total. The van der Waals surface area contributed by atoms with Crippen LogP contribution in [0.2, 0.25) is 0 Å². The number of benzene rings is 3. The summed E-state index contributed by atoms with van der Waals surface area (Å²) in [5.74, 6) is 2.04. The van der Waals surface area contributed by atoms with Gasteiger partial charge in [0, 0.05) is 31.3 Å². The van der Waals surface area contributed by atoms with Gasteiger partial charge in [-0.1, -0.05) is 103 Å². The van der Waals surface area contributed by atoms with E-state index in [1.54, 1.807) is 0 Å². The summed E-state index contributed by atoms with van der Waals surface area (Å²) in [4.78, 5) is 4.98. The molecule has 1 aromatic heterocycles. The largest absolute Gasteiger partial charge is 0.338 e. The van der Waals surface area contributed by atoms with Crippen molar-refractivity contribution in [1.82, 2.24) is 10.1 Å². The van der Waals surface area contributed by atoms with E-state index >= 15 is 0 Å². The van der Waals surface area contributed by atoms with Crippen molar-refractivity contribution in [2.75, 3.05) is 31.1 Å². The van der Waals surface area contributed by atoms with E-state index in [0.717, 1.165) is 36.8 Å². The number of likely N-dealkylation sites (tertiary alicyclic amines) is 1. The van der Waals surface area contributed by atoms with E-state index in [1.165, 1.54) is 37.1 Å². The highest BCUT2D eigenvalue weighted by atomic mass is 16.5. The predicted molar refractivity (Wildman–Crippen MR) is 143 cm³/mol. The monoisotopic (exact) mass is 465 g/mol. The van der Waals surface area contributed by atoms with Crippen LogP contribution in [0.1, 0.15) is 36.8 Å². The Kier molecular flexibility index (Phi) is 7.59. The lowest BCUT2D eigenvalue weighted by atomic mass is 9.89. The molecule has 1 atom stereocenters. The molecule has 4 nitrogen and oxygen atoms in total. The molecule has 0 aliphatic carbocycles. The van der Waals surface area contributed by atoms with Gasteiger partial charge in [-0.2, -0.15) is 0 Å². The van der Waals surface area contributed by atoms with Crippen molar-refractivity contribution in [3.8, 4) is 11.3 Å². The highest BCUT2D eigenvalue weighted by Gasteiger charge is 2.23. The van der Waals surface area contributed by atoms with Gasteiger partial charge in [0.15, 0.2) is 0 Å². The Labute approximate surface area is 209 Å². The summed E-state index contributed by atoms with van der Waals surface area (Å²) in [5.41, 5.74) is 4.74. The van der Waals surface area contributed by atoms with Crippen LogP contribution in [0, 0.1) is 5.92 Å². The molecule has 1 unspecified atom stereocenters. The summed E-state index contributed by atoms with van der Waals surface area (Å²) in [7, 11) is 0. The van der Waals surface area contributed by atoms with E-state index in [2.05, 4.69) is 101 Å². The Morgan fingerprint density at radius 2 is 1.51 bits per heavy atom. The molecule has 0 radical (unpaired) electrons. The second-order valence-electron chi connectivity index (χ2n) is 9.87. The van der Waals surface area contributed by atoms with Crippen molar-refractivity contribution >= 4 is 5.88 Å². The summed E-state index contributed by atoms with van der Waals surface area (Å²) < 4.78 is 5.87. The predicted octanol–water partition coefficient (Wildman–Crippen LogP) is 6.86. The van der Waals surface area contributed by atoms with Gasteiger partial charge in [0.1, 0.15) is 5.69 Å². The molecule has 5 rings (SSSR count). The average Bonchev–Trinajstić information content (AvgIpc) is 3.41. The number of piperidine rings is 1. The molecule has 35 heavy (non-hydrogen) atoms. The van der Waals surface area contributed by atoms with Gasteiger partial charge in [-0.3, -0.25) is 0 Å². The molecule has 0 amide bonds. The quantitative estimate of drug-likeness (QED) is 0.270. The SMILES string of the molecule is CC(CN1CCC(c2ccccc2)CC1)CN(Cc1ccccc1)c1cc(-c2ccccc2)no1. The normalized spacial score (nSPS) is 15.7. The fourth-order valence-electron chi connectivity index (χ4n) is 5.24. The molecule has 1 saturated heterocycles. The molecule has 4 heteroatoms. The van der Waals surface area contributed by atoms with Gasteiger partial charge < -0.3 is 14.3 Å². The summed E-state index contributed by atoms with van der Waals surface area (Å²) in [6.07, 6.45) is 2.49. The first-order valence-corrected chi connectivity index (χ1v) is 12.8. The molecule has 0 bridgehead atoms. The lowest BCUT2D eigenvalue weighted by molar-refractivity contribution is 0.187. The molecule has 1 aliphatic heterocycles. The molecule has 3 aromatic carbocycles. The summed E-state index contributed by atoms with van der Waals surface area (Å²) in [5, 5.41) is 4.38. The smallest absolute Gasteiger partial charge is 0.228 e. The van der Waals surface area contributed by atoms with Crippen LogP contribution < -0.4 is 4.90 Å². The standard InChI is InChI=1S/C31H35N3O/c1-25(22-33-19-17-28(18-20-33)27-13-7-3-8-14-27)23-34(24-26-11-5-2-6-12-26)31-21-30(32-35-31)29-15-9-4-10-16-29/h2-16,21,25,28H,17-20,22-24H2,1H3. The Bertz CT molecular complexity index is 1150. The van der Waals surface area contributed by atoms with Crippen LogP contribution >= 0.6 is 0 Å². The van der Waals surface area contributed by atoms with Crippen molar-refractivity contribution in [3.05, 3.63) is 108 Å². The van der Waals surface area contributed by atoms with Crippen LogP contribution in [0.4, 0.5) is 5.88 Å². The fraction of sp³-hybridized carbons (Fsp3) is 0.323. The topological polar surface area (TPSA) is 32.5 Å². The molecule has 1 fully saturated rings. The second kappa shape index (κ2) is 11.4. The highest BCUT2D eigenvalue weighted by molar-refractivity contribution is 5.62. The van der Waals surface area contributed by atoms with E-state index in [1.807, 2.05) is 18.2 Å². The van der Waals surface area contributed by atoms with Crippen molar-refractivity contribution in [2.24, 2.45) is 5.92 Å². The van der Waals surface area contributed by atoms with E-state index in [4.69, 9.17) is 4.52 Å². The molecule has 0 saturated carbocycles. The van der Waals surface area contributed by atoms with Crippen molar-refractivity contribution in [2.45, 2.75) is 32.2 Å². The molecule has 180 valence electrons. The number of anilines is 1. The minimum Gasteiger partial charge on any atom is -0.338 e. The van der Waals surface area contributed by atoms with Crippen LogP contribution in [0.5, 0.6) is 0 Å². The van der Waals surface area contributed by atoms with Crippen LogP contribution in [-0.2, 0) is 6.54 Å². The van der Waals surface area contributed by atoms with Gasteiger partial charge in [0.25, 0.3) is 0 Å². The molecule has 0 spiro atoms. The molecule has 4 aromatic rings. The van der Waals surface area contributed by atoms with Crippen LogP contribution in [0.25, 0.3) is 11.3 Å². The third-order valence-corrected chi connectivity index (χ3v) is 7.06. The number of hydrogen-bond acceptors (Lipinski definition) is 4.